The summed E-state index contributed by atoms with van der Waals surface area (Å²) in [4.78, 5) is 43.2. The highest BCUT2D eigenvalue weighted by Crippen LogP contribution is 2.39. The quantitative estimate of drug-likeness (QED) is 0.402. The van der Waals surface area contributed by atoms with Crippen LogP contribution in [0.3, 0.4) is 0 Å². The number of alkyl halides is 3. The highest BCUT2D eigenvalue weighted by atomic mass is 35.5. The summed E-state index contributed by atoms with van der Waals surface area (Å²) >= 11 is 6.04. The molecule has 12 heteroatoms. The fourth-order valence-electron chi connectivity index (χ4n) is 5.33. The van der Waals surface area contributed by atoms with Crippen molar-refractivity contribution in [3.63, 3.8) is 0 Å². The fraction of sp³-hybridized carbons (Fsp3) is 0.300. The summed E-state index contributed by atoms with van der Waals surface area (Å²) < 4.78 is 59.1. The molecule has 2 heterocycles. The normalized spacial score (nSPS) is 18.3. The van der Waals surface area contributed by atoms with E-state index in [2.05, 4.69) is 5.32 Å². The van der Waals surface area contributed by atoms with Crippen LogP contribution in [0.1, 0.15) is 44.7 Å². The summed E-state index contributed by atoms with van der Waals surface area (Å²) in [5, 5.41) is 3.04. The highest BCUT2D eigenvalue weighted by Gasteiger charge is 2.54. The summed E-state index contributed by atoms with van der Waals surface area (Å²) in [6.45, 7) is 0.0740. The van der Waals surface area contributed by atoms with E-state index in [-0.39, 0.29) is 56.1 Å². The van der Waals surface area contributed by atoms with Gasteiger partial charge in [-0.25, -0.2) is 4.39 Å². The van der Waals surface area contributed by atoms with Gasteiger partial charge in [-0.3, -0.25) is 19.3 Å². The summed E-state index contributed by atoms with van der Waals surface area (Å²) in [6.07, 6.45) is -4.14. The van der Waals surface area contributed by atoms with E-state index in [0.717, 1.165) is 24.3 Å². The number of amides is 3. The molecule has 2 aliphatic heterocycles. The molecule has 1 N–H and O–H groups in total. The van der Waals surface area contributed by atoms with Crippen molar-refractivity contribution in [1.82, 2.24) is 15.1 Å². The predicted octanol–water partition coefficient (Wildman–Crippen LogP) is 5.29. The summed E-state index contributed by atoms with van der Waals surface area (Å²) in [6, 6.07) is 14.9. The van der Waals surface area contributed by atoms with Crippen molar-refractivity contribution < 1.29 is 36.7 Å². The molecule has 1 spiro atoms. The number of nitrogens with one attached hydrogen (secondary N) is 1. The molecule has 2 saturated heterocycles. The van der Waals surface area contributed by atoms with Crippen molar-refractivity contribution in [3.8, 4) is 0 Å². The molecule has 0 bridgehead atoms. The first-order valence-corrected chi connectivity index (χ1v) is 13.6. The SMILES string of the molecule is O=C(NCc1cccc(C(F)(F)F)c1)[C@H]1COC2(CCN(C(=O)c3cccc(Cl)c3)CC2)N1C(=O)c1ccc(F)cc1. The zero-order chi connectivity index (χ0) is 30.1. The molecule has 7 nitrogen and oxygen atoms in total. The number of nitrogens with zero attached hydrogens (tertiary/aromatic N) is 2. The fourth-order valence-corrected chi connectivity index (χ4v) is 5.52. The first-order chi connectivity index (χ1) is 20.0. The van der Waals surface area contributed by atoms with E-state index in [0.29, 0.717) is 10.6 Å². The van der Waals surface area contributed by atoms with E-state index in [1.54, 1.807) is 29.2 Å². The zero-order valence-electron chi connectivity index (χ0n) is 22.2. The Kier molecular flexibility index (Phi) is 8.25. The van der Waals surface area contributed by atoms with Gasteiger partial charge in [0.15, 0.2) is 0 Å². The Bertz CT molecular complexity index is 1490. The Hall–Kier alpha value is -3.96. The lowest BCUT2D eigenvalue weighted by atomic mass is 9.96. The van der Waals surface area contributed by atoms with Crippen molar-refractivity contribution in [3.05, 3.63) is 106 Å². The molecule has 1 atom stereocenters. The zero-order valence-corrected chi connectivity index (χ0v) is 22.9. The smallest absolute Gasteiger partial charge is 0.353 e. The van der Waals surface area contributed by atoms with Crippen LogP contribution in [0.2, 0.25) is 5.02 Å². The monoisotopic (exact) mass is 603 g/mol. The second-order valence-corrected chi connectivity index (χ2v) is 10.6. The molecule has 2 aliphatic rings. The Labute approximate surface area is 244 Å². The van der Waals surface area contributed by atoms with Gasteiger partial charge in [0.2, 0.25) is 5.91 Å². The maximum absolute atomic E-state index is 13.8. The molecule has 0 saturated carbocycles. The Balaban J connectivity index is 1.35. The topological polar surface area (TPSA) is 79.0 Å². The Morgan fingerprint density at radius 1 is 0.929 bits per heavy atom. The van der Waals surface area contributed by atoms with E-state index >= 15 is 0 Å². The Morgan fingerprint density at radius 3 is 2.29 bits per heavy atom. The van der Waals surface area contributed by atoms with Crippen LogP contribution in [0.4, 0.5) is 17.6 Å². The Morgan fingerprint density at radius 2 is 1.62 bits per heavy atom. The molecule has 0 unspecified atom stereocenters. The van der Waals surface area contributed by atoms with Crippen molar-refractivity contribution in [2.24, 2.45) is 0 Å². The standard InChI is InChI=1S/C30H26ClF4N3O4/c31-23-6-2-4-21(16-23)27(40)37-13-11-29(12-14-37)38(28(41)20-7-9-24(32)10-8-20)25(18-42-29)26(39)36-17-19-3-1-5-22(15-19)30(33,34)35/h1-10,15-16,25H,11-14,17-18H2,(H,36,39)/t25-/m1/s1. The minimum absolute atomic E-state index is 0.134. The van der Waals surface area contributed by atoms with Gasteiger partial charge >= 0.3 is 6.18 Å². The van der Waals surface area contributed by atoms with Crippen LogP contribution in [-0.4, -0.2) is 59.0 Å². The van der Waals surface area contributed by atoms with E-state index < -0.39 is 41.1 Å². The molecule has 220 valence electrons. The number of ether oxygens (including phenoxy) is 1. The second-order valence-electron chi connectivity index (χ2n) is 10.2. The molecule has 3 amide bonds. The largest absolute Gasteiger partial charge is 0.416 e. The van der Waals surface area contributed by atoms with Crippen LogP contribution >= 0.6 is 11.6 Å². The number of carbonyl (C=O) groups is 3. The number of hydrogen-bond acceptors (Lipinski definition) is 4. The van der Waals surface area contributed by atoms with Crippen molar-refractivity contribution in [2.45, 2.75) is 37.3 Å². The molecule has 0 aromatic heterocycles. The van der Waals surface area contributed by atoms with Crippen molar-refractivity contribution in [2.75, 3.05) is 19.7 Å². The maximum Gasteiger partial charge on any atom is 0.416 e. The van der Waals surface area contributed by atoms with Crippen LogP contribution in [-0.2, 0) is 22.3 Å². The molecule has 3 aromatic rings. The van der Waals surface area contributed by atoms with E-state index in [9.17, 15) is 31.9 Å². The number of hydrogen-bond donors (Lipinski definition) is 1. The van der Waals surface area contributed by atoms with Crippen LogP contribution in [0.15, 0.2) is 72.8 Å². The minimum Gasteiger partial charge on any atom is -0.353 e. The lowest BCUT2D eigenvalue weighted by molar-refractivity contribution is -0.137. The van der Waals surface area contributed by atoms with Gasteiger partial charge in [-0.2, -0.15) is 13.2 Å². The number of piperidine rings is 1. The number of halogens is 5. The minimum atomic E-state index is -4.53. The molecule has 5 rings (SSSR count). The third-order valence-corrected chi connectivity index (χ3v) is 7.73. The molecular weight excluding hydrogens is 578 g/mol. The van der Waals surface area contributed by atoms with Gasteiger partial charge in [-0.15, -0.1) is 0 Å². The number of carbonyl (C=O) groups excluding carboxylic acids is 3. The first-order valence-electron chi connectivity index (χ1n) is 13.2. The van der Waals surface area contributed by atoms with Crippen molar-refractivity contribution >= 4 is 29.3 Å². The van der Waals surface area contributed by atoms with Crippen LogP contribution < -0.4 is 5.32 Å². The second kappa shape index (κ2) is 11.7. The lowest BCUT2D eigenvalue weighted by Crippen LogP contribution is -2.59. The molecule has 0 radical (unpaired) electrons. The summed E-state index contributed by atoms with van der Waals surface area (Å²) in [5.41, 5.74) is -1.29. The van der Waals surface area contributed by atoms with Crippen LogP contribution in [0, 0.1) is 5.82 Å². The third-order valence-electron chi connectivity index (χ3n) is 7.50. The average molecular weight is 604 g/mol. The van der Waals surface area contributed by atoms with Gasteiger partial charge in [-0.05, 0) is 60.2 Å². The third kappa shape index (κ3) is 6.12. The number of likely N-dealkylation sites (tertiary alicyclic amines) is 1. The van der Waals surface area contributed by atoms with Gasteiger partial charge < -0.3 is 15.0 Å². The molecule has 42 heavy (non-hydrogen) atoms. The van der Waals surface area contributed by atoms with Gasteiger partial charge in [0.05, 0.1) is 12.2 Å². The first kappa shape index (κ1) is 29.5. The van der Waals surface area contributed by atoms with E-state index in [1.807, 2.05) is 0 Å². The average Bonchev–Trinajstić information content (AvgIpc) is 3.34. The summed E-state index contributed by atoms with van der Waals surface area (Å²) in [5.74, 6) is -1.96. The highest BCUT2D eigenvalue weighted by molar-refractivity contribution is 6.30. The van der Waals surface area contributed by atoms with E-state index in [1.165, 1.54) is 29.2 Å². The van der Waals surface area contributed by atoms with Gasteiger partial charge in [0.25, 0.3) is 11.8 Å². The van der Waals surface area contributed by atoms with E-state index in [4.69, 9.17) is 16.3 Å². The lowest BCUT2D eigenvalue weighted by Gasteiger charge is -2.44. The molecular formula is C30H26ClF4N3O4. The predicted molar refractivity (Wildman–Crippen MR) is 145 cm³/mol. The number of benzene rings is 3. The van der Waals surface area contributed by atoms with Crippen molar-refractivity contribution in [1.29, 1.82) is 0 Å². The van der Waals surface area contributed by atoms with Gasteiger partial charge in [0.1, 0.15) is 17.6 Å². The molecule has 0 aliphatic carbocycles. The van der Waals surface area contributed by atoms with Gasteiger partial charge in [0, 0.05) is 48.6 Å². The molecule has 3 aromatic carbocycles. The number of rotatable bonds is 5. The van der Waals surface area contributed by atoms with Crippen LogP contribution in [0.5, 0.6) is 0 Å². The molecule has 2 fully saturated rings. The summed E-state index contributed by atoms with van der Waals surface area (Å²) in [7, 11) is 0. The maximum atomic E-state index is 13.8. The van der Waals surface area contributed by atoms with Crippen LogP contribution in [0.25, 0.3) is 0 Å². The van der Waals surface area contributed by atoms with Gasteiger partial charge in [-0.1, -0.05) is 29.8 Å².